The molecule has 0 atom stereocenters. The van der Waals surface area contributed by atoms with Crippen molar-refractivity contribution in [1.29, 1.82) is 0 Å². The van der Waals surface area contributed by atoms with Crippen molar-refractivity contribution >= 4 is 17.4 Å². The quantitative estimate of drug-likeness (QED) is 0.474. The van der Waals surface area contributed by atoms with Gasteiger partial charge in [-0.25, -0.2) is 4.98 Å². The number of nitrogens with zero attached hydrogens (tertiary/aromatic N) is 1. The highest BCUT2D eigenvalue weighted by atomic mass is 16.5. The molecule has 0 fully saturated rings. The summed E-state index contributed by atoms with van der Waals surface area (Å²) in [4.78, 5) is 29.3. The first-order chi connectivity index (χ1) is 14.0. The van der Waals surface area contributed by atoms with Crippen molar-refractivity contribution in [2.75, 3.05) is 26.5 Å². The van der Waals surface area contributed by atoms with E-state index in [0.717, 1.165) is 5.56 Å². The molecule has 7 heteroatoms. The van der Waals surface area contributed by atoms with Gasteiger partial charge >= 0.3 is 0 Å². The van der Waals surface area contributed by atoms with E-state index in [1.165, 1.54) is 14.2 Å². The maximum Gasteiger partial charge on any atom is 0.251 e. The summed E-state index contributed by atoms with van der Waals surface area (Å²) < 4.78 is 10.3. The lowest BCUT2D eigenvalue weighted by Crippen LogP contribution is -2.30. The zero-order valence-corrected chi connectivity index (χ0v) is 16.1. The van der Waals surface area contributed by atoms with Crippen molar-refractivity contribution in [2.45, 2.75) is 0 Å². The molecule has 3 rings (SSSR count). The zero-order chi connectivity index (χ0) is 20.8. The van der Waals surface area contributed by atoms with Crippen molar-refractivity contribution < 1.29 is 19.1 Å². The number of ether oxygens (including phenoxy) is 2. The number of hydrogen-bond donors (Lipinski definition) is 2. The lowest BCUT2D eigenvalue weighted by atomic mass is 10.1. The number of carbonyl (C=O) groups is 2. The molecule has 1 aromatic heterocycles. The molecule has 0 aliphatic rings. The zero-order valence-electron chi connectivity index (χ0n) is 16.1. The molecule has 0 aliphatic carbocycles. The van der Waals surface area contributed by atoms with Gasteiger partial charge in [0, 0.05) is 16.8 Å². The van der Waals surface area contributed by atoms with E-state index in [2.05, 4.69) is 10.3 Å². The minimum absolute atomic E-state index is 0.175. The Balaban J connectivity index is 1.68. The average molecular weight is 391 g/mol. The summed E-state index contributed by atoms with van der Waals surface area (Å²) in [7, 11) is 3.00. The van der Waals surface area contributed by atoms with E-state index >= 15 is 0 Å². The molecule has 0 spiro atoms. The number of anilines is 1. The summed E-state index contributed by atoms with van der Waals surface area (Å²) in [6, 6.07) is 17.2. The van der Waals surface area contributed by atoms with Gasteiger partial charge in [-0.1, -0.05) is 18.2 Å². The smallest absolute Gasteiger partial charge is 0.251 e. The molecule has 0 saturated carbocycles. The van der Waals surface area contributed by atoms with E-state index in [9.17, 15) is 9.59 Å². The van der Waals surface area contributed by atoms with Gasteiger partial charge in [0.25, 0.3) is 5.91 Å². The number of carbonyl (C=O) groups excluding carboxylic acids is 2. The largest absolute Gasteiger partial charge is 0.493 e. The van der Waals surface area contributed by atoms with Crippen LogP contribution in [0.1, 0.15) is 20.8 Å². The Morgan fingerprint density at radius 3 is 2.38 bits per heavy atom. The van der Waals surface area contributed by atoms with Crippen molar-refractivity contribution in [2.24, 2.45) is 0 Å². The second kappa shape index (κ2) is 8.88. The Morgan fingerprint density at radius 2 is 1.69 bits per heavy atom. The molecule has 3 N–H and O–H groups in total. The van der Waals surface area contributed by atoms with E-state index in [0.29, 0.717) is 28.4 Å². The van der Waals surface area contributed by atoms with Crippen LogP contribution in [-0.4, -0.2) is 37.4 Å². The average Bonchev–Trinajstić information content (AvgIpc) is 2.77. The van der Waals surface area contributed by atoms with Crippen LogP contribution >= 0.6 is 0 Å². The number of amides is 1. The number of methoxy groups -OCH3 is 2. The fourth-order valence-corrected chi connectivity index (χ4v) is 2.74. The van der Waals surface area contributed by atoms with Crippen LogP contribution in [0.4, 0.5) is 5.69 Å². The van der Waals surface area contributed by atoms with Gasteiger partial charge in [-0.3, -0.25) is 9.59 Å². The fourth-order valence-electron chi connectivity index (χ4n) is 2.74. The number of nitrogens with one attached hydrogen (secondary N) is 1. The van der Waals surface area contributed by atoms with Crippen LogP contribution in [-0.2, 0) is 0 Å². The van der Waals surface area contributed by atoms with Gasteiger partial charge in [-0.15, -0.1) is 0 Å². The van der Waals surface area contributed by atoms with Crippen LogP contribution in [0, 0.1) is 0 Å². The lowest BCUT2D eigenvalue weighted by molar-refractivity contribution is 0.0902. The summed E-state index contributed by atoms with van der Waals surface area (Å²) in [5.74, 6) is 0.262. The lowest BCUT2D eigenvalue weighted by Gasteiger charge is -2.10. The Bertz CT molecular complexity index is 1030. The predicted molar refractivity (Wildman–Crippen MR) is 110 cm³/mol. The molecule has 29 heavy (non-hydrogen) atoms. The number of Topliss-reactive ketones (excluding diaryl/α,β-unsaturated/α-hetero) is 1. The van der Waals surface area contributed by atoms with E-state index in [-0.39, 0.29) is 18.0 Å². The number of hydrogen-bond acceptors (Lipinski definition) is 6. The second-order valence-electron chi connectivity index (χ2n) is 6.21. The minimum atomic E-state index is -0.394. The maximum atomic E-state index is 12.5. The number of nitrogens with two attached hydrogens (primary N) is 1. The summed E-state index contributed by atoms with van der Waals surface area (Å²) in [5, 5.41) is 2.61. The molecule has 0 aliphatic heterocycles. The van der Waals surface area contributed by atoms with Crippen molar-refractivity contribution in [1.82, 2.24) is 10.3 Å². The van der Waals surface area contributed by atoms with Gasteiger partial charge in [0.15, 0.2) is 17.3 Å². The first kappa shape index (κ1) is 19.9. The number of pyridine rings is 1. The maximum absolute atomic E-state index is 12.5. The second-order valence-corrected chi connectivity index (χ2v) is 6.21. The Hall–Kier alpha value is -3.87. The molecule has 0 bridgehead atoms. The Morgan fingerprint density at radius 1 is 0.966 bits per heavy atom. The summed E-state index contributed by atoms with van der Waals surface area (Å²) in [6.45, 7) is -0.175. The van der Waals surface area contributed by atoms with Gasteiger partial charge in [0.2, 0.25) is 0 Å². The van der Waals surface area contributed by atoms with Gasteiger partial charge < -0.3 is 20.5 Å². The van der Waals surface area contributed by atoms with Crippen molar-refractivity contribution in [3.63, 3.8) is 0 Å². The first-order valence-electron chi connectivity index (χ1n) is 8.88. The van der Waals surface area contributed by atoms with Gasteiger partial charge in [0.05, 0.1) is 26.5 Å². The summed E-state index contributed by atoms with van der Waals surface area (Å²) in [6.07, 6.45) is 0. The molecule has 2 aromatic carbocycles. The number of benzene rings is 2. The van der Waals surface area contributed by atoms with Crippen LogP contribution in [0.2, 0.25) is 0 Å². The van der Waals surface area contributed by atoms with Crippen molar-refractivity contribution in [3.05, 3.63) is 71.9 Å². The molecule has 3 aromatic rings. The van der Waals surface area contributed by atoms with Gasteiger partial charge in [-0.05, 0) is 42.5 Å². The minimum Gasteiger partial charge on any atom is -0.493 e. The van der Waals surface area contributed by atoms with Crippen molar-refractivity contribution in [3.8, 4) is 22.8 Å². The molecule has 148 valence electrons. The molecular weight excluding hydrogens is 370 g/mol. The molecule has 7 nitrogen and oxygen atoms in total. The molecular formula is C22H21N3O4. The topological polar surface area (TPSA) is 104 Å². The normalized spacial score (nSPS) is 10.3. The number of ketones is 1. The summed E-state index contributed by atoms with van der Waals surface area (Å²) in [5.41, 5.74) is 8.49. The highest BCUT2D eigenvalue weighted by Gasteiger charge is 2.14. The van der Waals surface area contributed by atoms with Crippen LogP contribution in [0.5, 0.6) is 11.5 Å². The number of nitrogen functional groups attached to an aromatic ring is 1. The summed E-state index contributed by atoms with van der Waals surface area (Å²) >= 11 is 0. The fraction of sp³-hybridized carbons (Fsp3) is 0.136. The molecule has 0 saturated heterocycles. The van der Waals surface area contributed by atoms with Crippen LogP contribution in [0.3, 0.4) is 0 Å². The van der Waals surface area contributed by atoms with E-state index < -0.39 is 5.91 Å². The molecule has 0 radical (unpaired) electrons. The van der Waals surface area contributed by atoms with Gasteiger partial charge in [0.1, 0.15) is 5.69 Å². The third kappa shape index (κ3) is 4.70. The highest BCUT2D eigenvalue weighted by molar-refractivity contribution is 6.01. The molecule has 1 heterocycles. The highest BCUT2D eigenvalue weighted by Crippen LogP contribution is 2.27. The molecule has 1 amide bonds. The number of aromatic nitrogens is 1. The predicted octanol–water partition coefficient (Wildman–Crippen LogP) is 2.96. The Kier molecular flexibility index (Phi) is 6.09. The SMILES string of the molecule is COc1ccc(C(=O)NCC(=O)c2cccc(-c3ccc(N)cc3)n2)cc1OC. The third-order valence-corrected chi connectivity index (χ3v) is 4.30. The third-order valence-electron chi connectivity index (χ3n) is 4.30. The Labute approximate surface area is 168 Å². The van der Waals surface area contributed by atoms with Crippen LogP contribution < -0.4 is 20.5 Å². The van der Waals surface area contributed by atoms with E-state index in [1.807, 2.05) is 18.2 Å². The number of rotatable bonds is 7. The monoisotopic (exact) mass is 391 g/mol. The van der Waals surface area contributed by atoms with Crippen LogP contribution in [0.15, 0.2) is 60.7 Å². The molecule has 0 unspecified atom stereocenters. The van der Waals surface area contributed by atoms with Crippen LogP contribution in [0.25, 0.3) is 11.3 Å². The van der Waals surface area contributed by atoms with Gasteiger partial charge in [-0.2, -0.15) is 0 Å². The van der Waals surface area contributed by atoms with E-state index in [1.54, 1.807) is 42.5 Å². The standard InChI is InChI=1S/C22H21N3O4/c1-28-20-11-8-15(12-21(20)29-2)22(27)24-13-19(26)18-5-3-4-17(25-18)14-6-9-16(23)10-7-14/h3-12H,13,23H2,1-2H3,(H,24,27). The van der Waals surface area contributed by atoms with E-state index in [4.69, 9.17) is 15.2 Å². The first-order valence-corrected chi connectivity index (χ1v) is 8.88.